The number of halogens is 1. The molecule has 1 saturated heterocycles. The smallest absolute Gasteiger partial charge is 0.227 e. The lowest BCUT2D eigenvalue weighted by atomic mass is 10.1. The van der Waals surface area contributed by atoms with Crippen molar-refractivity contribution in [3.8, 4) is 11.5 Å². The van der Waals surface area contributed by atoms with Crippen molar-refractivity contribution in [3.63, 3.8) is 0 Å². The van der Waals surface area contributed by atoms with Crippen LogP contribution in [0.1, 0.15) is 11.1 Å². The fourth-order valence-electron chi connectivity index (χ4n) is 3.62. The molecule has 0 spiro atoms. The Bertz CT molecular complexity index is 927. The third-order valence-electron chi connectivity index (χ3n) is 5.36. The van der Waals surface area contributed by atoms with Gasteiger partial charge in [-0.3, -0.25) is 9.79 Å². The van der Waals surface area contributed by atoms with Gasteiger partial charge in [0.2, 0.25) is 5.91 Å². The van der Waals surface area contributed by atoms with Crippen molar-refractivity contribution < 1.29 is 14.6 Å². The second-order valence-corrected chi connectivity index (χ2v) is 7.83. The molecule has 1 fully saturated rings. The number of carbonyl (C=O) groups excluding carboxylic acids is 1. The van der Waals surface area contributed by atoms with Crippen LogP contribution in [0.2, 0.25) is 5.02 Å². The van der Waals surface area contributed by atoms with E-state index in [1.807, 2.05) is 41.3 Å². The summed E-state index contributed by atoms with van der Waals surface area (Å²) in [5, 5.41) is 14.1. The summed E-state index contributed by atoms with van der Waals surface area (Å²) in [6.07, 6.45) is 1.02. The molecule has 2 aromatic rings. The van der Waals surface area contributed by atoms with Gasteiger partial charge in [-0.1, -0.05) is 29.8 Å². The predicted octanol–water partition coefficient (Wildman–Crippen LogP) is 2.56. The summed E-state index contributed by atoms with van der Waals surface area (Å²) >= 11 is 6.02. The number of rotatable bonds is 6. The number of ether oxygens (including phenoxy) is 1. The molecule has 3 rings (SSSR count). The molecule has 0 unspecified atom stereocenters. The highest BCUT2D eigenvalue weighted by Crippen LogP contribution is 2.23. The SMILES string of the molecule is CN=C(NCCc1ccc(OC)cc1O)N1CCN(C(=O)Cc2cccc(Cl)c2)CC1. The fraction of sp³-hybridized carbons (Fsp3) is 0.391. The molecule has 1 heterocycles. The van der Waals surface area contributed by atoms with Crippen LogP contribution in [0.3, 0.4) is 0 Å². The summed E-state index contributed by atoms with van der Waals surface area (Å²) in [6, 6.07) is 12.7. The Hall–Kier alpha value is -2.93. The number of nitrogens with one attached hydrogen (secondary N) is 1. The minimum absolute atomic E-state index is 0.111. The Morgan fingerprint density at radius 1 is 1.16 bits per heavy atom. The lowest BCUT2D eigenvalue weighted by Crippen LogP contribution is -2.54. The Morgan fingerprint density at radius 2 is 1.90 bits per heavy atom. The van der Waals surface area contributed by atoms with Crippen molar-refractivity contribution in [2.45, 2.75) is 12.8 Å². The number of hydrogen-bond acceptors (Lipinski definition) is 4. The van der Waals surface area contributed by atoms with E-state index >= 15 is 0 Å². The Labute approximate surface area is 188 Å². The number of phenolic OH excluding ortho intramolecular Hbond substituents is 1. The lowest BCUT2D eigenvalue weighted by molar-refractivity contribution is -0.131. The third-order valence-corrected chi connectivity index (χ3v) is 5.59. The first-order valence-electron chi connectivity index (χ1n) is 10.3. The Balaban J connectivity index is 1.46. The monoisotopic (exact) mass is 444 g/mol. The molecule has 2 aromatic carbocycles. The molecule has 2 N–H and O–H groups in total. The largest absolute Gasteiger partial charge is 0.508 e. The van der Waals surface area contributed by atoms with E-state index < -0.39 is 0 Å². The number of phenols is 1. The van der Waals surface area contributed by atoms with E-state index in [0.29, 0.717) is 43.2 Å². The summed E-state index contributed by atoms with van der Waals surface area (Å²) in [5.41, 5.74) is 1.78. The maximum atomic E-state index is 12.6. The van der Waals surface area contributed by atoms with Crippen LogP contribution in [0.25, 0.3) is 0 Å². The van der Waals surface area contributed by atoms with Gasteiger partial charge < -0.3 is 25.0 Å². The number of carbonyl (C=O) groups is 1. The van der Waals surface area contributed by atoms with Crippen LogP contribution in [-0.4, -0.2) is 73.7 Å². The van der Waals surface area contributed by atoms with E-state index in [4.69, 9.17) is 16.3 Å². The minimum atomic E-state index is 0.111. The summed E-state index contributed by atoms with van der Waals surface area (Å²) < 4.78 is 5.12. The van der Waals surface area contributed by atoms with Gasteiger partial charge in [-0.2, -0.15) is 0 Å². The molecule has 0 aliphatic carbocycles. The third kappa shape index (κ3) is 6.28. The number of benzene rings is 2. The van der Waals surface area contributed by atoms with E-state index in [1.54, 1.807) is 20.2 Å². The maximum absolute atomic E-state index is 12.6. The summed E-state index contributed by atoms with van der Waals surface area (Å²) in [7, 11) is 3.33. The summed E-state index contributed by atoms with van der Waals surface area (Å²) in [5.74, 6) is 1.77. The number of aromatic hydroxyl groups is 1. The van der Waals surface area contributed by atoms with Crippen molar-refractivity contribution in [2.75, 3.05) is 46.9 Å². The van der Waals surface area contributed by atoms with Gasteiger partial charge in [0, 0.05) is 50.9 Å². The van der Waals surface area contributed by atoms with Crippen LogP contribution in [-0.2, 0) is 17.6 Å². The highest BCUT2D eigenvalue weighted by molar-refractivity contribution is 6.30. The zero-order chi connectivity index (χ0) is 22.2. The minimum Gasteiger partial charge on any atom is -0.508 e. The van der Waals surface area contributed by atoms with Crippen LogP contribution >= 0.6 is 11.6 Å². The van der Waals surface area contributed by atoms with Gasteiger partial charge in [-0.15, -0.1) is 0 Å². The molecule has 31 heavy (non-hydrogen) atoms. The van der Waals surface area contributed by atoms with Crippen molar-refractivity contribution in [1.29, 1.82) is 0 Å². The zero-order valence-electron chi connectivity index (χ0n) is 18.0. The highest BCUT2D eigenvalue weighted by atomic mass is 35.5. The van der Waals surface area contributed by atoms with Gasteiger partial charge >= 0.3 is 0 Å². The average molecular weight is 445 g/mol. The number of guanidine groups is 1. The molecule has 166 valence electrons. The van der Waals surface area contributed by atoms with Crippen LogP contribution in [0.5, 0.6) is 11.5 Å². The molecule has 0 bridgehead atoms. The number of hydrogen-bond donors (Lipinski definition) is 2. The van der Waals surface area contributed by atoms with E-state index in [1.165, 1.54) is 0 Å². The topological polar surface area (TPSA) is 77.4 Å². The molecule has 1 aliphatic heterocycles. The van der Waals surface area contributed by atoms with Gasteiger partial charge in [0.25, 0.3) is 0 Å². The second-order valence-electron chi connectivity index (χ2n) is 7.39. The molecular weight excluding hydrogens is 416 g/mol. The molecule has 0 aromatic heterocycles. The van der Waals surface area contributed by atoms with E-state index in [9.17, 15) is 9.90 Å². The standard InChI is InChI=1S/C23H29ClN4O3/c1-25-23(26-9-8-18-6-7-20(31-2)16-21(18)29)28-12-10-27(11-13-28)22(30)15-17-4-3-5-19(24)14-17/h3-7,14,16,29H,8-13,15H2,1-2H3,(H,25,26). The van der Waals surface area contributed by atoms with Crippen LogP contribution < -0.4 is 10.1 Å². The first-order valence-corrected chi connectivity index (χ1v) is 10.7. The predicted molar refractivity (Wildman–Crippen MR) is 123 cm³/mol. The first kappa shape index (κ1) is 22.7. The van der Waals surface area contributed by atoms with Crippen molar-refractivity contribution in [1.82, 2.24) is 15.1 Å². The molecule has 1 amide bonds. The molecule has 0 atom stereocenters. The van der Waals surface area contributed by atoms with Gasteiger partial charge in [0.15, 0.2) is 5.96 Å². The molecule has 0 saturated carbocycles. The number of methoxy groups -OCH3 is 1. The van der Waals surface area contributed by atoms with Gasteiger partial charge in [-0.25, -0.2) is 0 Å². The number of aliphatic imine (C=N–C) groups is 1. The number of nitrogens with zero attached hydrogens (tertiary/aromatic N) is 3. The normalized spacial score (nSPS) is 14.5. The number of piperazine rings is 1. The van der Waals surface area contributed by atoms with Crippen LogP contribution in [0.15, 0.2) is 47.5 Å². The Kier molecular flexibility index (Phi) is 8.00. The Morgan fingerprint density at radius 3 is 2.55 bits per heavy atom. The zero-order valence-corrected chi connectivity index (χ0v) is 18.7. The van der Waals surface area contributed by atoms with E-state index in [-0.39, 0.29) is 11.7 Å². The molecular formula is C23H29ClN4O3. The second kappa shape index (κ2) is 10.9. The van der Waals surface area contributed by atoms with Crippen molar-refractivity contribution in [3.05, 3.63) is 58.6 Å². The van der Waals surface area contributed by atoms with E-state index in [2.05, 4.69) is 15.2 Å². The van der Waals surface area contributed by atoms with E-state index in [0.717, 1.165) is 30.2 Å². The first-order chi connectivity index (χ1) is 15.0. The maximum Gasteiger partial charge on any atom is 0.227 e. The average Bonchev–Trinajstić information content (AvgIpc) is 2.78. The highest BCUT2D eigenvalue weighted by Gasteiger charge is 2.23. The summed E-state index contributed by atoms with van der Waals surface area (Å²) in [6.45, 7) is 3.38. The quantitative estimate of drug-likeness (QED) is 0.529. The van der Waals surface area contributed by atoms with Crippen LogP contribution in [0, 0.1) is 0 Å². The lowest BCUT2D eigenvalue weighted by Gasteiger charge is -2.36. The van der Waals surface area contributed by atoms with Gasteiger partial charge in [-0.05, 0) is 35.7 Å². The molecule has 0 radical (unpaired) electrons. The molecule has 7 nitrogen and oxygen atoms in total. The molecule has 1 aliphatic rings. The van der Waals surface area contributed by atoms with Crippen molar-refractivity contribution >= 4 is 23.5 Å². The van der Waals surface area contributed by atoms with Gasteiger partial charge in [0.05, 0.1) is 13.5 Å². The van der Waals surface area contributed by atoms with Crippen molar-refractivity contribution in [2.24, 2.45) is 4.99 Å². The number of amides is 1. The van der Waals surface area contributed by atoms with Gasteiger partial charge in [0.1, 0.15) is 11.5 Å². The summed E-state index contributed by atoms with van der Waals surface area (Å²) in [4.78, 5) is 21.0. The fourth-order valence-corrected chi connectivity index (χ4v) is 3.84. The molecule has 8 heteroatoms. The van der Waals surface area contributed by atoms with Crippen LogP contribution in [0.4, 0.5) is 0 Å².